The molecule has 0 radical (unpaired) electrons. The number of rotatable bonds is 3. The fourth-order valence-electron chi connectivity index (χ4n) is 2.08. The van der Waals surface area contributed by atoms with Crippen molar-refractivity contribution in [1.82, 2.24) is 0 Å². The Morgan fingerprint density at radius 1 is 1.47 bits per heavy atom. The topological polar surface area (TPSA) is 32.3 Å². The van der Waals surface area contributed by atoms with Crippen LogP contribution in [0.25, 0.3) is 0 Å². The van der Waals surface area contributed by atoms with Crippen molar-refractivity contribution in [3.05, 3.63) is 29.3 Å². The molecule has 2 rings (SSSR count). The standard InChI is InChI=1S/C13H19NO/c1-2-3-4-10-5-6-13-11(7-10)8-12(15)9-14-13/h5-7,12,14-15H,2-4,8-9H2,1H3. The first-order valence-electron chi connectivity index (χ1n) is 5.83. The van der Waals surface area contributed by atoms with E-state index in [1.807, 2.05) is 0 Å². The number of β-amino-alcohol motifs (C(OH)–C–C–N with tert-alkyl or cyclic N) is 1. The van der Waals surface area contributed by atoms with Crippen LogP contribution < -0.4 is 5.32 Å². The zero-order chi connectivity index (χ0) is 10.7. The van der Waals surface area contributed by atoms with Gasteiger partial charge in [0.15, 0.2) is 0 Å². The summed E-state index contributed by atoms with van der Waals surface area (Å²) in [6, 6.07) is 6.58. The SMILES string of the molecule is CCCCc1ccc2c(c1)CC(O)CN2. The zero-order valence-electron chi connectivity index (χ0n) is 9.29. The van der Waals surface area contributed by atoms with Crippen molar-refractivity contribution in [1.29, 1.82) is 0 Å². The van der Waals surface area contributed by atoms with E-state index in [1.165, 1.54) is 29.7 Å². The summed E-state index contributed by atoms with van der Waals surface area (Å²) < 4.78 is 0. The summed E-state index contributed by atoms with van der Waals surface area (Å²) in [5.41, 5.74) is 3.86. The number of anilines is 1. The van der Waals surface area contributed by atoms with Gasteiger partial charge in [-0.15, -0.1) is 0 Å². The van der Waals surface area contributed by atoms with Gasteiger partial charge >= 0.3 is 0 Å². The third kappa shape index (κ3) is 2.51. The minimum Gasteiger partial charge on any atom is -0.391 e. The molecule has 2 heteroatoms. The number of nitrogens with one attached hydrogen (secondary N) is 1. The van der Waals surface area contributed by atoms with E-state index in [0.29, 0.717) is 6.54 Å². The molecule has 1 unspecified atom stereocenters. The molecule has 0 saturated carbocycles. The van der Waals surface area contributed by atoms with E-state index in [1.54, 1.807) is 0 Å². The minimum absolute atomic E-state index is 0.223. The number of fused-ring (bicyclic) bond motifs is 1. The van der Waals surface area contributed by atoms with E-state index in [2.05, 4.69) is 30.4 Å². The van der Waals surface area contributed by atoms with Crippen molar-refractivity contribution in [2.75, 3.05) is 11.9 Å². The summed E-state index contributed by atoms with van der Waals surface area (Å²) >= 11 is 0. The van der Waals surface area contributed by atoms with E-state index in [4.69, 9.17) is 0 Å². The van der Waals surface area contributed by atoms with Gasteiger partial charge in [-0.1, -0.05) is 25.5 Å². The maximum absolute atomic E-state index is 9.56. The molecule has 0 amide bonds. The lowest BCUT2D eigenvalue weighted by molar-refractivity contribution is 0.184. The average Bonchev–Trinajstić information content (AvgIpc) is 2.25. The molecule has 1 aromatic rings. The molecule has 15 heavy (non-hydrogen) atoms. The Morgan fingerprint density at radius 3 is 3.13 bits per heavy atom. The van der Waals surface area contributed by atoms with Crippen molar-refractivity contribution < 1.29 is 5.11 Å². The Labute approximate surface area is 91.3 Å². The van der Waals surface area contributed by atoms with Crippen LogP contribution in [0.2, 0.25) is 0 Å². The number of unbranched alkanes of at least 4 members (excludes halogenated alkanes) is 1. The third-order valence-corrected chi connectivity index (χ3v) is 2.97. The highest BCUT2D eigenvalue weighted by atomic mass is 16.3. The highest BCUT2D eigenvalue weighted by Crippen LogP contribution is 2.23. The molecule has 0 fully saturated rings. The predicted molar refractivity (Wildman–Crippen MR) is 63.3 cm³/mol. The van der Waals surface area contributed by atoms with E-state index in [0.717, 1.165) is 12.8 Å². The summed E-state index contributed by atoms with van der Waals surface area (Å²) in [6.45, 7) is 2.89. The van der Waals surface area contributed by atoms with Gasteiger partial charge in [0.25, 0.3) is 0 Å². The van der Waals surface area contributed by atoms with Crippen molar-refractivity contribution >= 4 is 5.69 Å². The van der Waals surface area contributed by atoms with Crippen molar-refractivity contribution in [3.63, 3.8) is 0 Å². The molecule has 0 aromatic heterocycles. The maximum atomic E-state index is 9.56. The molecule has 2 N–H and O–H groups in total. The van der Waals surface area contributed by atoms with Gasteiger partial charge in [0, 0.05) is 18.7 Å². The summed E-state index contributed by atoms with van der Waals surface area (Å²) in [4.78, 5) is 0. The van der Waals surface area contributed by atoms with Gasteiger partial charge in [0.05, 0.1) is 6.10 Å². The molecule has 1 aromatic carbocycles. The van der Waals surface area contributed by atoms with Crippen LogP contribution in [0.5, 0.6) is 0 Å². The molecule has 82 valence electrons. The van der Waals surface area contributed by atoms with E-state index in [-0.39, 0.29) is 6.10 Å². The summed E-state index contributed by atoms with van der Waals surface area (Å²) in [5.74, 6) is 0. The van der Waals surface area contributed by atoms with Crippen LogP contribution in [0, 0.1) is 0 Å². The van der Waals surface area contributed by atoms with E-state index >= 15 is 0 Å². The third-order valence-electron chi connectivity index (χ3n) is 2.97. The number of benzene rings is 1. The fraction of sp³-hybridized carbons (Fsp3) is 0.538. The Morgan fingerprint density at radius 2 is 2.33 bits per heavy atom. The first kappa shape index (κ1) is 10.5. The molecule has 2 nitrogen and oxygen atoms in total. The van der Waals surface area contributed by atoms with Gasteiger partial charge in [-0.25, -0.2) is 0 Å². The van der Waals surface area contributed by atoms with Crippen LogP contribution in [0.4, 0.5) is 5.69 Å². The van der Waals surface area contributed by atoms with Gasteiger partial charge in [0.2, 0.25) is 0 Å². The Balaban J connectivity index is 2.13. The van der Waals surface area contributed by atoms with Gasteiger partial charge < -0.3 is 10.4 Å². The zero-order valence-corrected chi connectivity index (χ0v) is 9.29. The lowest BCUT2D eigenvalue weighted by Crippen LogP contribution is -2.27. The van der Waals surface area contributed by atoms with E-state index < -0.39 is 0 Å². The number of hydrogen-bond acceptors (Lipinski definition) is 2. The smallest absolute Gasteiger partial charge is 0.0753 e. The first-order valence-corrected chi connectivity index (χ1v) is 5.83. The van der Waals surface area contributed by atoms with Crippen LogP contribution in [0.1, 0.15) is 30.9 Å². The first-order chi connectivity index (χ1) is 7.29. The van der Waals surface area contributed by atoms with E-state index in [9.17, 15) is 5.11 Å². The number of aliphatic hydroxyl groups excluding tert-OH is 1. The Bertz CT molecular complexity index is 335. The van der Waals surface area contributed by atoms with Crippen molar-refractivity contribution in [2.24, 2.45) is 0 Å². The summed E-state index contributed by atoms with van der Waals surface area (Å²) in [5, 5.41) is 12.8. The second-order valence-corrected chi connectivity index (χ2v) is 4.33. The summed E-state index contributed by atoms with van der Waals surface area (Å²) in [7, 11) is 0. The van der Waals surface area contributed by atoms with Gasteiger partial charge in [-0.3, -0.25) is 0 Å². The van der Waals surface area contributed by atoms with Crippen molar-refractivity contribution in [2.45, 2.75) is 38.7 Å². The lowest BCUT2D eigenvalue weighted by atomic mass is 9.97. The molecule has 1 heterocycles. The molecule has 0 spiro atoms. The second-order valence-electron chi connectivity index (χ2n) is 4.33. The van der Waals surface area contributed by atoms with Crippen LogP contribution in [0.15, 0.2) is 18.2 Å². The fourth-order valence-corrected chi connectivity index (χ4v) is 2.08. The molecule has 1 aliphatic heterocycles. The van der Waals surface area contributed by atoms with Gasteiger partial charge in [0.1, 0.15) is 0 Å². The van der Waals surface area contributed by atoms with Gasteiger partial charge in [-0.2, -0.15) is 0 Å². The van der Waals surface area contributed by atoms with Crippen LogP contribution >= 0.6 is 0 Å². The van der Waals surface area contributed by atoms with Gasteiger partial charge in [-0.05, 0) is 30.0 Å². The highest BCUT2D eigenvalue weighted by Gasteiger charge is 2.15. The molecular weight excluding hydrogens is 186 g/mol. The minimum atomic E-state index is -0.223. The summed E-state index contributed by atoms with van der Waals surface area (Å²) in [6.07, 6.45) is 4.20. The molecular formula is C13H19NO. The van der Waals surface area contributed by atoms with Crippen LogP contribution in [-0.2, 0) is 12.8 Å². The predicted octanol–water partition coefficient (Wildman–Crippen LogP) is 2.36. The van der Waals surface area contributed by atoms with Crippen LogP contribution in [0.3, 0.4) is 0 Å². The second kappa shape index (κ2) is 4.67. The normalized spacial score (nSPS) is 19.5. The average molecular weight is 205 g/mol. The molecule has 0 saturated heterocycles. The monoisotopic (exact) mass is 205 g/mol. The quantitative estimate of drug-likeness (QED) is 0.794. The molecule has 0 bridgehead atoms. The molecule has 1 atom stereocenters. The number of aliphatic hydroxyl groups is 1. The molecule has 1 aliphatic rings. The molecule has 0 aliphatic carbocycles. The maximum Gasteiger partial charge on any atom is 0.0753 e. The Hall–Kier alpha value is -1.02. The van der Waals surface area contributed by atoms with Crippen molar-refractivity contribution in [3.8, 4) is 0 Å². The Kier molecular flexibility index (Phi) is 3.27. The lowest BCUT2D eigenvalue weighted by Gasteiger charge is -2.23. The largest absolute Gasteiger partial charge is 0.391 e. The number of aryl methyl sites for hydroxylation is 1. The van der Waals surface area contributed by atoms with Crippen LogP contribution in [-0.4, -0.2) is 17.8 Å². The number of hydrogen-bond donors (Lipinski definition) is 2. The highest BCUT2D eigenvalue weighted by molar-refractivity contribution is 5.55.